The molecule has 1 saturated heterocycles. The molecule has 1 aliphatic heterocycles. The van der Waals surface area contributed by atoms with Gasteiger partial charge >= 0.3 is 0 Å². The first-order valence-electron chi connectivity index (χ1n) is 11.1. The molecule has 0 saturated carbocycles. The second kappa shape index (κ2) is 10.2. The molecule has 182 valence electrons. The zero-order valence-corrected chi connectivity index (χ0v) is 20.5. The van der Waals surface area contributed by atoms with Crippen LogP contribution in [0.2, 0.25) is 10.0 Å². The van der Waals surface area contributed by atoms with Crippen molar-refractivity contribution in [3.8, 4) is 0 Å². The first-order chi connectivity index (χ1) is 16.2. The topological polar surface area (TPSA) is 57.4 Å². The van der Waals surface area contributed by atoms with E-state index in [-0.39, 0.29) is 18.2 Å². The highest BCUT2D eigenvalue weighted by Crippen LogP contribution is 2.36. The number of halogens is 4. The second-order valence-electron chi connectivity index (χ2n) is 8.79. The Hall–Kier alpha value is -2.26. The van der Waals surface area contributed by atoms with Crippen LogP contribution in [0.15, 0.2) is 49.1 Å². The monoisotopic (exact) mass is 509 g/mol. The van der Waals surface area contributed by atoms with E-state index >= 15 is 0 Å². The highest BCUT2D eigenvalue weighted by molar-refractivity contribution is 6.36. The van der Waals surface area contributed by atoms with Gasteiger partial charge in [0.1, 0.15) is 29.9 Å². The molecule has 0 spiro atoms. The summed E-state index contributed by atoms with van der Waals surface area (Å²) < 4.78 is 29.9. The molecule has 0 aliphatic carbocycles. The number of benzene rings is 2. The average Bonchev–Trinajstić information content (AvgIpc) is 3.31. The molecule has 6 nitrogen and oxygen atoms in total. The minimum Gasteiger partial charge on any atom is -0.381 e. The Labute approximate surface area is 207 Å². The summed E-state index contributed by atoms with van der Waals surface area (Å²) in [4.78, 5) is 8.22. The summed E-state index contributed by atoms with van der Waals surface area (Å²) in [7, 11) is 2.01. The Kier molecular flexibility index (Phi) is 7.42. The maximum atomic E-state index is 14.8. The highest BCUT2D eigenvalue weighted by Gasteiger charge is 2.43. The van der Waals surface area contributed by atoms with Gasteiger partial charge in [0, 0.05) is 48.9 Å². The molecule has 34 heavy (non-hydrogen) atoms. The van der Waals surface area contributed by atoms with E-state index in [0.29, 0.717) is 23.1 Å². The van der Waals surface area contributed by atoms with Crippen molar-refractivity contribution in [1.29, 1.82) is 0 Å². The molecule has 1 N–H and O–H groups in total. The van der Waals surface area contributed by atoms with Crippen LogP contribution in [0.1, 0.15) is 25.3 Å². The van der Waals surface area contributed by atoms with Crippen LogP contribution in [0.25, 0.3) is 0 Å². The van der Waals surface area contributed by atoms with Gasteiger partial charge in [-0.2, -0.15) is 5.10 Å². The van der Waals surface area contributed by atoms with Gasteiger partial charge in [0.05, 0.1) is 17.3 Å². The molecule has 2 heterocycles. The molecule has 1 aliphatic rings. The third-order valence-electron chi connectivity index (χ3n) is 6.84. The van der Waals surface area contributed by atoms with E-state index in [9.17, 15) is 13.9 Å². The summed E-state index contributed by atoms with van der Waals surface area (Å²) in [6, 6.07) is 8.50. The van der Waals surface area contributed by atoms with Crippen LogP contribution >= 0.6 is 23.2 Å². The zero-order chi connectivity index (χ0) is 24.5. The molecule has 0 bridgehead atoms. The van der Waals surface area contributed by atoms with E-state index in [4.69, 9.17) is 23.2 Å². The highest BCUT2D eigenvalue weighted by atomic mass is 35.5. The van der Waals surface area contributed by atoms with Crippen molar-refractivity contribution in [3.05, 3.63) is 76.3 Å². The molecule has 2 atom stereocenters. The Balaban J connectivity index is 1.53. The third kappa shape index (κ3) is 5.05. The maximum absolute atomic E-state index is 14.8. The lowest BCUT2D eigenvalue weighted by molar-refractivity contribution is -0.0690. The molecule has 2 aromatic carbocycles. The van der Waals surface area contributed by atoms with Crippen molar-refractivity contribution in [1.82, 2.24) is 19.7 Å². The van der Waals surface area contributed by atoms with Crippen LogP contribution in [0, 0.1) is 11.6 Å². The fourth-order valence-corrected chi connectivity index (χ4v) is 5.31. The van der Waals surface area contributed by atoms with E-state index in [1.165, 1.54) is 23.4 Å². The largest absolute Gasteiger partial charge is 0.381 e. The Bertz CT molecular complexity index is 1120. The van der Waals surface area contributed by atoms with Crippen LogP contribution in [0.4, 0.5) is 14.5 Å². The number of anilines is 1. The Morgan fingerprint density at radius 3 is 2.53 bits per heavy atom. The standard InChI is InChI=1S/C24H27Cl2F2N5O/c1-16(24(34,13-33-15-29-14-30-33)20-5-4-18(27)12-22(20)28)32-9-7-19(8-10-32)31(2)23-6-3-17(25)11-21(23)26/h3-6,11-12,14-16,19,34H,7-10,13H2,1-2H3/t16-,24-/m1/s1. The maximum Gasteiger partial charge on any atom is 0.137 e. The van der Waals surface area contributed by atoms with Crippen LogP contribution in [-0.2, 0) is 12.1 Å². The lowest BCUT2D eigenvalue weighted by Gasteiger charge is -2.45. The van der Waals surface area contributed by atoms with Gasteiger partial charge in [-0.15, -0.1) is 0 Å². The Morgan fingerprint density at radius 1 is 1.18 bits per heavy atom. The van der Waals surface area contributed by atoms with Crippen molar-refractivity contribution in [2.24, 2.45) is 0 Å². The predicted molar refractivity (Wildman–Crippen MR) is 129 cm³/mol. The molecule has 10 heteroatoms. The minimum atomic E-state index is -1.65. The smallest absolute Gasteiger partial charge is 0.137 e. The minimum absolute atomic E-state index is 0.0169. The van der Waals surface area contributed by atoms with Crippen LogP contribution in [0.3, 0.4) is 0 Å². The number of likely N-dealkylation sites (tertiary alicyclic amines) is 1. The van der Waals surface area contributed by atoms with Crippen molar-refractivity contribution >= 4 is 28.9 Å². The summed E-state index contributed by atoms with van der Waals surface area (Å²) >= 11 is 12.4. The summed E-state index contributed by atoms with van der Waals surface area (Å²) in [5.74, 6) is -1.48. The van der Waals surface area contributed by atoms with Crippen molar-refractivity contribution in [2.75, 3.05) is 25.0 Å². The van der Waals surface area contributed by atoms with E-state index in [1.807, 2.05) is 26.1 Å². The van der Waals surface area contributed by atoms with Gasteiger partial charge in [-0.1, -0.05) is 29.3 Å². The lowest BCUT2D eigenvalue weighted by Crippen LogP contribution is -2.55. The summed E-state index contributed by atoms with van der Waals surface area (Å²) in [5, 5.41) is 17.1. The number of nitrogens with zero attached hydrogens (tertiary/aromatic N) is 5. The number of hydrogen-bond acceptors (Lipinski definition) is 5. The van der Waals surface area contributed by atoms with Crippen LogP contribution in [0.5, 0.6) is 0 Å². The second-order valence-corrected chi connectivity index (χ2v) is 9.63. The van der Waals surface area contributed by atoms with Gasteiger partial charge in [-0.25, -0.2) is 18.4 Å². The summed E-state index contributed by atoms with van der Waals surface area (Å²) in [6.07, 6.45) is 4.47. The molecule has 0 radical (unpaired) electrons. The molecule has 0 amide bonds. The molecular formula is C24H27Cl2F2N5O. The van der Waals surface area contributed by atoms with Crippen molar-refractivity contribution < 1.29 is 13.9 Å². The number of aliphatic hydroxyl groups is 1. The van der Waals surface area contributed by atoms with Gasteiger partial charge < -0.3 is 10.0 Å². The average molecular weight is 510 g/mol. The molecule has 1 aromatic heterocycles. The SMILES string of the molecule is C[C@@H](N1CCC(N(C)c2ccc(Cl)cc2Cl)CC1)[C@](O)(Cn1cncn1)c1ccc(F)cc1F. The molecule has 1 fully saturated rings. The molecule has 0 unspecified atom stereocenters. The zero-order valence-electron chi connectivity index (χ0n) is 19.0. The molecular weight excluding hydrogens is 483 g/mol. The quantitative estimate of drug-likeness (QED) is 0.498. The summed E-state index contributed by atoms with van der Waals surface area (Å²) in [6.45, 7) is 3.21. The van der Waals surface area contributed by atoms with Gasteiger partial charge in [-0.05, 0) is 44.0 Å². The lowest BCUT2D eigenvalue weighted by atomic mass is 9.84. The first kappa shape index (κ1) is 24.9. The predicted octanol–water partition coefficient (Wildman–Crippen LogP) is 4.74. The first-order valence-corrected chi connectivity index (χ1v) is 11.9. The van der Waals surface area contributed by atoms with Gasteiger partial charge in [0.15, 0.2) is 0 Å². The van der Waals surface area contributed by atoms with Crippen molar-refractivity contribution in [2.45, 2.75) is 44.0 Å². The Morgan fingerprint density at radius 2 is 1.91 bits per heavy atom. The van der Waals surface area contributed by atoms with E-state index in [2.05, 4.69) is 19.9 Å². The third-order valence-corrected chi connectivity index (χ3v) is 7.38. The van der Waals surface area contributed by atoms with E-state index in [1.54, 1.807) is 6.07 Å². The van der Waals surface area contributed by atoms with E-state index < -0.39 is 23.3 Å². The number of aromatic nitrogens is 3. The van der Waals surface area contributed by atoms with Gasteiger partial charge in [0.2, 0.25) is 0 Å². The van der Waals surface area contributed by atoms with Crippen molar-refractivity contribution in [3.63, 3.8) is 0 Å². The van der Waals surface area contributed by atoms with E-state index in [0.717, 1.165) is 30.7 Å². The fraction of sp³-hybridized carbons (Fsp3) is 0.417. The molecule has 3 aromatic rings. The van der Waals surface area contributed by atoms with Gasteiger partial charge in [-0.3, -0.25) is 4.90 Å². The number of hydrogen-bond donors (Lipinski definition) is 1. The fourth-order valence-electron chi connectivity index (χ4n) is 4.77. The summed E-state index contributed by atoms with van der Waals surface area (Å²) in [5.41, 5.74) is -0.707. The number of piperidine rings is 1. The van der Waals surface area contributed by atoms with Crippen LogP contribution < -0.4 is 4.90 Å². The number of rotatable bonds is 7. The van der Waals surface area contributed by atoms with Crippen LogP contribution in [-0.4, -0.2) is 57.0 Å². The van der Waals surface area contributed by atoms with Gasteiger partial charge in [0.25, 0.3) is 0 Å². The normalized spacial score (nSPS) is 18.0. The molecule has 4 rings (SSSR count).